The number of hydrogen-bond acceptors (Lipinski definition) is 8. The Morgan fingerprint density at radius 2 is 0.738 bits per heavy atom. The zero-order chi connectivity index (χ0) is 60.7. The number of aliphatic hydroxyl groups is 5. The second-order valence-corrected chi connectivity index (χ2v) is 23.6. The maximum absolute atomic E-state index is 13.1. The van der Waals surface area contributed by atoms with Crippen LogP contribution in [0.2, 0.25) is 0 Å². The average Bonchev–Trinajstić information content (AvgIpc) is 3.70. The van der Waals surface area contributed by atoms with Crippen LogP contribution >= 0.6 is 0 Å². The molecule has 7 unspecified atom stereocenters. The van der Waals surface area contributed by atoms with Crippen LogP contribution in [0.4, 0.5) is 0 Å². The van der Waals surface area contributed by atoms with Gasteiger partial charge in [0.15, 0.2) is 6.29 Å². The van der Waals surface area contributed by atoms with Crippen molar-refractivity contribution in [3.8, 4) is 0 Å². The molecular weight excluding hydrogens is 1040 g/mol. The van der Waals surface area contributed by atoms with E-state index in [1.807, 2.05) is 0 Å². The summed E-state index contributed by atoms with van der Waals surface area (Å²) in [6, 6.07) is -0.738. The van der Waals surface area contributed by atoms with E-state index >= 15 is 0 Å². The van der Waals surface area contributed by atoms with Crippen LogP contribution in [-0.2, 0) is 14.3 Å². The Morgan fingerprint density at radius 3 is 1.10 bits per heavy atom. The molecule has 1 saturated heterocycles. The third kappa shape index (κ3) is 50.7. The number of nitrogens with one attached hydrogen (secondary N) is 1. The highest BCUT2D eigenvalue weighted by molar-refractivity contribution is 5.76. The van der Waals surface area contributed by atoms with Gasteiger partial charge in [-0.05, 0) is 89.9 Å². The molecule has 0 saturated carbocycles. The molecule has 0 aromatic heterocycles. The Hall–Kier alpha value is -3.41. The molecule has 0 spiro atoms. The summed E-state index contributed by atoms with van der Waals surface area (Å²) in [6.07, 6.45) is 86.7. The number of aliphatic hydroxyl groups excluding tert-OH is 5. The first-order chi connectivity index (χ1) is 41.3. The lowest BCUT2D eigenvalue weighted by molar-refractivity contribution is -0.302. The van der Waals surface area contributed by atoms with Crippen molar-refractivity contribution in [1.29, 1.82) is 0 Å². The molecule has 0 bridgehead atoms. The molecule has 9 heteroatoms. The van der Waals surface area contributed by atoms with E-state index in [1.165, 1.54) is 135 Å². The summed E-state index contributed by atoms with van der Waals surface area (Å²) in [5.41, 5.74) is 0. The first-order valence-electron chi connectivity index (χ1n) is 34.7. The molecule has 482 valence electrons. The molecule has 0 aromatic rings. The average molecular weight is 1170 g/mol. The molecule has 1 heterocycles. The van der Waals surface area contributed by atoms with Crippen LogP contribution in [0.5, 0.6) is 0 Å². The van der Waals surface area contributed by atoms with E-state index in [0.717, 1.165) is 128 Å². The number of hydrogen-bond donors (Lipinski definition) is 6. The molecule has 9 nitrogen and oxygen atoms in total. The molecular formula is C75H129NO8. The van der Waals surface area contributed by atoms with Gasteiger partial charge in [0.1, 0.15) is 24.4 Å². The lowest BCUT2D eigenvalue weighted by Crippen LogP contribution is -2.60. The van der Waals surface area contributed by atoms with Gasteiger partial charge in [-0.15, -0.1) is 0 Å². The summed E-state index contributed by atoms with van der Waals surface area (Å²) >= 11 is 0. The predicted octanol–water partition coefficient (Wildman–Crippen LogP) is 19.0. The maximum Gasteiger partial charge on any atom is 0.220 e. The Morgan fingerprint density at radius 1 is 0.417 bits per heavy atom. The minimum Gasteiger partial charge on any atom is -0.394 e. The van der Waals surface area contributed by atoms with Crippen molar-refractivity contribution in [2.24, 2.45) is 0 Å². The lowest BCUT2D eigenvalue weighted by atomic mass is 9.99. The molecule has 1 rings (SSSR count). The van der Waals surface area contributed by atoms with Crippen LogP contribution in [0, 0.1) is 0 Å². The minimum absolute atomic E-state index is 0.150. The van der Waals surface area contributed by atoms with Crippen LogP contribution in [0.1, 0.15) is 290 Å². The fourth-order valence-electron chi connectivity index (χ4n) is 10.4. The number of unbranched alkanes of at least 4 members (excludes halogenated alkanes) is 29. The van der Waals surface area contributed by atoms with Gasteiger partial charge in [-0.25, -0.2) is 0 Å². The van der Waals surface area contributed by atoms with E-state index in [2.05, 4.69) is 141 Å². The molecule has 1 amide bonds. The number of rotatable bonds is 59. The van der Waals surface area contributed by atoms with Crippen LogP contribution in [-0.4, -0.2) is 87.5 Å². The Bertz CT molecular complexity index is 1740. The van der Waals surface area contributed by atoms with Gasteiger partial charge in [0.05, 0.1) is 25.4 Å². The van der Waals surface area contributed by atoms with Crippen molar-refractivity contribution in [2.75, 3.05) is 13.2 Å². The summed E-state index contributed by atoms with van der Waals surface area (Å²) < 4.78 is 11.4. The highest BCUT2D eigenvalue weighted by Crippen LogP contribution is 2.23. The van der Waals surface area contributed by atoms with E-state index in [9.17, 15) is 30.3 Å². The van der Waals surface area contributed by atoms with Crippen molar-refractivity contribution >= 4 is 5.91 Å². The quantitative estimate of drug-likeness (QED) is 0.0261. The summed E-state index contributed by atoms with van der Waals surface area (Å²) in [7, 11) is 0. The molecule has 84 heavy (non-hydrogen) atoms. The molecule has 7 atom stereocenters. The third-order valence-electron chi connectivity index (χ3n) is 15.8. The monoisotopic (exact) mass is 1170 g/mol. The fraction of sp³-hybridized carbons (Fsp3) is 0.720. The fourth-order valence-corrected chi connectivity index (χ4v) is 10.4. The van der Waals surface area contributed by atoms with Gasteiger partial charge in [-0.2, -0.15) is 0 Å². The normalized spacial score (nSPS) is 19.0. The minimum atomic E-state index is -1.56. The number of ether oxygens (including phenoxy) is 2. The van der Waals surface area contributed by atoms with Crippen molar-refractivity contribution in [3.05, 3.63) is 122 Å². The van der Waals surface area contributed by atoms with Gasteiger partial charge in [-0.1, -0.05) is 315 Å². The Kier molecular flexibility index (Phi) is 58.6. The van der Waals surface area contributed by atoms with Gasteiger partial charge in [0, 0.05) is 6.42 Å². The summed E-state index contributed by atoms with van der Waals surface area (Å²) in [4.78, 5) is 13.1. The molecule has 1 aliphatic rings. The standard InChI is InChI=1S/C75H129NO8/c1-3-5-7-9-11-13-15-17-19-21-23-25-27-29-30-31-32-33-34-35-36-37-38-39-40-41-43-45-47-49-51-53-55-57-59-61-63-65-71(79)76-68(67-83-75-74(82)73(81)72(80)70(66-77)84-75)69(78)64-62-60-58-56-54-52-50-48-46-44-42-28-26-24-22-20-18-16-14-12-10-8-6-4-2/h5,7,11,13,17,19,23,25,29-30,32-33,35-36,38-39,41,43,47,49,68-70,72-75,77-78,80-82H,3-4,6,8-10,12,14-16,18,20-22,24,26-28,31,34,37,40,42,44-46,48,50-67H2,1-2H3,(H,76,79)/b7-5-,13-11-,19-17-,25-23-,30-29-,33-32-,36-35-,39-38-,43-41-,49-47-. The first kappa shape index (κ1) is 78.6. The highest BCUT2D eigenvalue weighted by atomic mass is 16.7. The number of carbonyl (C=O) groups is 1. The van der Waals surface area contributed by atoms with Gasteiger partial charge < -0.3 is 40.3 Å². The Balaban J connectivity index is 2.17. The van der Waals surface area contributed by atoms with E-state index in [4.69, 9.17) is 9.47 Å². The van der Waals surface area contributed by atoms with E-state index in [-0.39, 0.29) is 12.5 Å². The zero-order valence-electron chi connectivity index (χ0n) is 53.9. The second kappa shape index (κ2) is 62.6. The molecule has 6 N–H and O–H groups in total. The number of carbonyl (C=O) groups excluding carboxylic acids is 1. The molecule has 1 aliphatic heterocycles. The molecule has 0 aromatic carbocycles. The van der Waals surface area contributed by atoms with E-state index < -0.39 is 49.5 Å². The number of amides is 1. The maximum atomic E-state index is 13.1. The Labute approximate surface area is 516 Å². The smallest absolute Gasteiger partial charge is 0.220 e. The number of allylic oxidation sites excluding steroid dienone is 20. The van der Waals surface area contributed by atoms with E-state index in [0.29, 0.717) is 12.8 Å². The zero-order valence-corrected chi connectivity index (χ0v) is 53.9. The van der Waals surface area contributed by atoms with Crippen molar-refractivity contribution in [1.82, 2.24) is 5.32 Å². The van der Waals surface area contributed by atoms with Crippen LogP contribution in [0.3, 0.4) is 0 Å². The third-order valence-corrected chi connectivity index (χ3v) is 15.8. The van der Waals surface area contributed by atoms with Crippen molar-refractivity contribution in [3.63, 3.8) is 0 Å². The van der Waals surface area contributed by atoms with Gasteiger partial charge in [-0.3, -0.25) is 4.79 Å². The molecule has 1 fully saturated rings. The van der Waals surface area contributed by atoms with Gasteiger partial charge in [0.25, 0.3) is 0 Å². The summed E-state index contributed by atoms with van der Waals surface area (Å²) in [5.74, 6) is -0.160. The first-order valence-corrected chi connectivity index (χ1v) is 34.7. The molecule has 0 aliphatic carbocycles. The topological polar surface area (TPSA) is 149 Å². The van der Waals surface area contributed by atoms with Crippen LogP contribution in [0.15, 0.2) is 122 Å². The summed E-state index contributed by atoms with van der Waals surface area (Å²) in [6.45, 7) is 3.74. The van der Waals surface area contributed by atoms with Gasteiger partial charge in [0.2, 0.25) is 5.91 Å². The van der Waals surface area contributed by atoms with Gasteiger partial charge >= 0.3 is 0 Å². The largest absolute Gasteiger partial charge is 0.394 e. The van der Waals surface area contributed by atoms with Crippen molar-refractivity contribution < 1.29 is 39.8 Å². The van der Waals surface area contributed by atoms with Crippen molar-refractivity contribution in [2.45, 2.75) is 333 Å². The van der Waals surface area contributed by atoms with Crippen LogP contribution in [0.25, 0.3) is 0 Å². The molecule has 0 radical (unpaired) electrons. The lowest BCUT2D eigenvalue weighted by Gasteiger charge is -2.40. The van der Waals surface area contributed by atoms with E-state index in [1.54, 1.807) is 0 Å². The highest BCUT2D eigenvalue weighted by Gasteiger charge is 2.44. The predicted molar refractivity (Wildman–Crippen MR) is 359 cm³/mol. The summed E-state index contributed by atoms with van der Waals surface area (Å²) in [5, 5.41) is 54.9. The second-order valence-electron chi connectivity index (χ2n) is 23.6. The van der Waals surface area contributed by atoms with Crippen LogP contribution < -0.4 is 5.32 Å². The SMILES string of the molecule is CC/C=C\C/C=C\C/C=C\C/C=C\C/C=C\C/C=C\C/C=C\C/C=C\C/C=C\C/C=C\CCCCCCCCC(=O)NC(COC1OC(CO)C(O)C(O)C1O)C(O)CCCCCCCCCCCCCCCCCCCCCCCCCC.